The fraction of sp³-hybridized carbons (Fsp3) is 0.0909. The summed E-state index contributed by atoms with van der Waals surface area (Å²) in [7, 11) is 0. The Bertz CT molecular complexity index is 549. The first kappa shape index (κ1) is 10.7. The van der Waals surface area contributed by atoms with Crippen molar-refractivity contribution in [2.45, 2.75) is 6.92 Å². The molecule has 0 atom stereocenters. The molecule has 0 aliphatic carbocycles. The largest absolute Gasteiger partial charge is 0.477 e. The molecule has 0 bridgehead atoms. The molecule has 0 radical (unpaired) electrons. The number of carboxylic acids is 1. The lowest BCUT2D eigenvalue weighted by Crippen LogP contribution is -1.95. The van der Waals surface area contributed by atoms with Crippen LogP contribution in [0.15, 0.2) is 24.3 Å². The van der Waals surface area contributed by atoms with Crippen LogP contribution in [0.3, 0.4) is 0 Å². The summed E-state index contributed by atoms with van der Waals surface area (Å²) in [5.74, 6) is -1.02. The molecule has 2 N–H and O–H groups in total. The average molecular weight is 237 g/mol. The fourth-order valence-electron chi connectivity index (χ4n) is 1.48. The second kappa shape index (κ2) is 3.98. The molecule has 0 saturated heterocycles. The number of aromatic nitrogens is 2. The molecule has 2 rings (SSSR count). The van der Waals surface area contributed by atoms with Gasteiger partial charge in [-0.3, -0.25) is 5.10 Å². The monoisotopic (exact) mass is 236 g/mol. The van der Waals surface area contributed by atoms with Crippen LogP contribution < -0.4 is 0 Å². The zero-order chi connectivity index (χ0) is 11.7. The molecule has 4 nitrogen and oxygen atoms in total. The second-order valence-corrected chi connectivity index (χ2v) is 3.87. The summed E-state index contributed by atoms with van der Waals surface area (Å²) in [4.78, 5) is 10.7. The van der Waals surface area contributed by atoms with Crippen LogP contribution in [-0.4, -0.2) is 21.3 Å². The lowest BCUT2D eigenvalue weighted by atomic mass is 10.1. The Morgan fingerprint density at radius 2 is 2.19 bits per heavy atom. The molecule has 0 saturated carbocycles. The molecule has 0 aliphatic heterocycles. The molecular formula is C11H9ClN2O2. The van der Waals surface area contributed by atoms with Gasteiger partial charge in [0.2, 0.25) is 0 Å². The number of nitrogens with zero attached hydrogens (tertiary/aromatic N) is 1. The van der Waals surface area contributed by atoms with E-state index in [1.807, 2.05) is 19.1 Å². The molecule has 1 aromatic heterocycles. The highest BCUT2D eigenvalue weighted by Crippen LogP contribution is 2.24. The van der Waals surface area contributed by atoms with E-state index in [2.05, 4.69) is 10.2 Å². The van der Waals surface area contributed by atoms with Gasteiger partial charge in [0.15, 0.2) is 0 Å². The summed E-state index contributed by atoms with van der Waals surface area (Å²) in [6.07, 6.45) is 0. The van der Waals surface area contributed by atoms with Crippen molar-refractivity contribution in [1.82, 2.24) is 10.2 Å². The first-order chi connectivity index (χ1) is 7.58. The Hall–Kier alpha value is -1.81. The van der Waals surface area contributed by atoms with Crippen molar-refractivity contribution in [3.63, 3.8) is 0 Å². The van der Waals surface area contributed by atoms with Crippen molar-refractivity contribution < 1.29 is 9.90 Å². The maximum Gasteiger partial charge on any atom is 0.353 e. The van der Waals surface area contributed by atoms with Gasteiger partial charge in [-0.2, -0.15) is 5.10 Å². The van der Waals surface area contributed by atoms with E-state index in [1.54, 1.807) is 6.07 Å². The number of hydrogen-bond acceptors (Lipinski definition) is 2. The van der Waals surface area contributed by atoms with Gasteiger partial charge in [0.25, 0.3) is 0 Å². The number of benzene rings is 1. The summed E-state index contributed by atoms with van der Waals surface area (Å²) in [6, 6.07) is 6.88. The second-order valence-electron chi connectivity index (χ2n) is 3.43. The van der Waals surface area contributed by atoms with Crippen molar-refractivity contribution in [2.75, 3.05) is 0 Å². The van der Waals surface area contributed by atoms with Crippen LogP contribution in [0.1, 0.15) is 16.1 Å². The average Bonchev–Trinajstić information content (AvgIpc) is 2.66. The first-order valence-electron chi connectivity index (χ1n) is 4.63. The number of hydrogen-bond donors (Lipinski definition) is 2. The number of carboxylic acid groups (broad SMARTS) is 1. The third-order valence-corrected chi connectivity index (χ3v) is 2.51. The zero-order valence-electron chi connectivity index (χ0n) is 8.49. The molecule has 0 aliphatic rings. The lowest BCUT2D eigenvalue weighted by molar-refractivity contribution is 0.0690. The molecular weight excluding hydrogens is 228 g/mol. The minimum atomic E-state index is -1.02. The number of H-pyrrole nitrogens is 1. The molecule has 0 amide bonds. The van der Waals surface area contributed by atoms with Crippen LogP contribution in [0.4, 0.5) is 0 Å². The topological polar surface area (TPSA) is 66.0 Å². The zero-order valence-corrected chi connectivity index (χ0v) is 9.25. The van der Waals surface area contributed by atoms with Gasteiger partial charge in [-0.25, -0.2) is 4.79 Å². The highest BCUT2D eigenvalue weighted by molar-refractivity contribution is 6.30. The van der Waals surface area contributed by atoms with Gasteiger partial charge in [0, 0.05) is 10.6 Å². The fourth-order valence-corrected chi connectivity index (χ4v) is 1.71. The number of rotatable bonds is 2. The molecule has 2 aromatic rings. The van der Waals surface area contributed by atoms with Crippen LogP contribution >= 0.6 is 11.6 Å². The van der Waals surface area contributed by atoms with Gasteiger partial charge in [0.05, 0.1) is 5.69 Å². The highest BCUT2D eigenvalue weighted by atomic mass is 35.5. The van der Waals surface area contributed by atoms with Gasteiger partial charge in [-0.15, -0.1) is 0 Å². The van der Waals surface area contributed by atoms with E-state index >= 15 is 0 Å². The SMILES string of the molecule is Cc1cc(Cl)ccc1-c1cc(C(=O)O)[nH]n1. The predicted molar refractivity (Wildman–Crippen MR) is 60.7 cm³/mol. The number of aryl methyl sites for hydroxylation is 1. The van der Waals surface area contributed by atoms with Gasteiger partial charge < -0.3 is 5.11 Å². The number of aromatic amines is 1. The Morgan fingerprint density at radius 1 is 1.44 bits per heavy atom. The molecule has 0 unspecified atom stereocenters. The van der Waals surface area contributed by atoms with Crippen LogP contribution in [0.2, 0.25) is 5.02 Å². The minimum Gasteiger partial charge on any atom is -0.477 e. The summed E-state index contributed by atoms with van der Waals surface area (Å²) < 4.78 is 0. The summed E-state index contributed by atoms with van der Waals surface area (Å²) in [6.45, 7) is 1.90. The van der Waals surface area contributed by atoms with Gasteiger partial charge in [-0.05, 0) is 30.7 Å². The number of halogens is 1. The quantitative estimate of drug-likeness (QED) is 0.843. The Morgan fingerprint density at radius 3 is 2.75 bits per heavy atom. The van der Waals surface area contributed by atoms with E-state index in [4.69, 9.17) is 16.7 Å². The van der Waals surface area contributed by atoms with Crippen LogP contribution in [-0.2, 0) is 0 Å². The van der Waals surface area contributed by atoms with E-state index < -0.39 is 5.97 Å². The standard InChI is InChI=1S/C11H9ClN2O2/c1-6-4-7(12)2-3-8(6)9-5-10(11(15)16)14-13-9/h2-5H,1H3,(H,13,14)(H,15,16). The van der Waals surface area contributed by atoms with Crippen LogP contribution in [0.25, 0.3) is 11.3 Å². The molecule has 0 spiro atoms. The van der Waals surface area contributed by atoms with Crippen LogP contribution in [0, 0.1) is 6.92 Å². The maximum absolute atomic E-state index is 10.7. The lowest BCUT2D eigenvalue weighted by Gasteiger charge is -2.01. The third-order valence-electron chi connectivity index (χ3n) is 2.27. The van der Waals surface area contributed by atoms with Crippen molar-refractivity contribution in [2.24, 2.45) is 0 Å². The molecule has 16 heavy (non-hydrogen) atoms. The maximum atomic E-state index is 10.7. The third kappa shape index (κ3) is 1.92. The smallest absolute Gasteiger partial charge is 0.353 e. The van der Waals surface area contributed by atoms with Crippen molar-refractivity contribution in [3.8, 4) is 11.3 Å². The Balaban J connectivity index is 2.46. The minimum absolute atomic E-state index is 0.0735. The van der Waals surface area contributed by atoms with Gasteiger partial charge in [-0.1, -0.05) is 17.7 Å². The predicted octanol–water partition coefficient (Wildman–Crippen LogP) is 2.74. The molecule has 82 valence electrons. The van der Waals surface area contributed by atoms with E-state index in [0.29, 0.717) is 10.7 Å². The van der Waals surface area contributed by atoms with E-state index in [1.165, 1.54) is 6.07 Å². The molecule has 5 heteroatoms. The Kier molecular flexibility index (Phi) is 2.66. The summed E-state index contributed by atoms with van der Waals surface area (Å²) >= 11 is 5.84. The van der Waals surface area contributed by atoms with Crippen molar-refractivity contribution in [1.29, 1.82) is 0 Å². The van der Waals surface area contributed by atoms with Crippen molar-refractivity contribution >= 4 is 17.6 Å². The number of aromatic carboxylic acids is 1. The van der Waals surface area contributed by atoms with Crippen molar-refractivity contribution in [3.05, 3.63) is 40.5 Å². The highest BCUT2D eigenvalue weighted by Gasteiger charge is 2.10. The number of carbonyl (C=O) groups is 1. The van der Waals surface area contributed by atoms with E-state index in [0.717, 1.165) is 11.1 Å². The normalized spacial score (nSPS) is 10.4. The molecule has 1 aromatic carbocycles. The van der Waals surface area contributed by atoms with Crippen LogP contribution in [0.5, 0.6) is 0 Å². The molecule has 0 fully saturated rings. The molecule has 1 heterocycles. The van der Waals surface area contributed by atoms with Gasteiger partial charge in [0.1, 0.15) is 5.69 Å². The first-order valence-corrected chi connectivity index (χ1v) is 5.01. The summed E-state index contributed by atoms with van der Waals surface area (Å²) in [5, 5.41) is 15.8. The van der Waals surface area contributed by atoms with Gasteiger partial charge >= 0.3 is 5.97 Å². The van der Waals surface area contributed by atoms with E-state index in [9.17, 15) is 4.79 Å². The van der Waals surface area contributed by atoms with E-state index in [-0.39, 0.29) is 5.69 Å². The Labute approximate surface area is 96.9 Å². The number of nitrogens with one attached hydrogen (secondary N) is 1. The summed E-state index contributed by atoms with van der Waals surface area (Å²) in [5.41, 5.74) is 2.50.